The van der Waals surface area contributed by atoms with Crippen LogP contribution in [0.3, 0.4) is 0 Å². The number of halogens is 1. The van der Waals surface area contributed by atoms with Crippen molar-refractivity contribution >= 4 is 23.5 Å². The molecule has 0 radical (unpaired) electrons. The molecule has 0 saturated heterocycles. The highest BCUT2D eigenvalue weighted by molar-refractivity contribution is 6.28. The first-order valence-electron chi connectivity index (χ1n) is 5.41. The Hall–Kier alpha value is -1.14. The molecule has 0 aliphatic heterocycles. The Morgan fingerprint density at radius 2 is 2.00 bits per heavy atom. The topological polar surface area (TPSA) is 74.2 Å². The number of nitrogens with one attached hydrogen (secondary N) is 1. The summed E-state index contributed by atoms with van der Waals surface area (Å²) in [4.78, 5) is 13.9. The number of hydrogen-bond acceptors (Lipinski definition) is 6. The van der Waals surface area contributed by atoms with E-state index in [4.69, 9.17) is 11.6 Å². The molecular formula is C10H18ClN5O. The van der Waals surface area contributed by atoms with Gasteiger partial charge >= 0.3 is 0 Å². The highest BCUT2D eigenvalue weighted by atomic mass is 35.5. The molecule has 1 aromatic rings. The van der Waals surface area contributed by atoms with Crippen LogP contribution in [0.25, 0.3) is 0 Å². The van der Waals surface area contributed by atoms with Crippen molar-refractivity contribution in [3.63, 3.8) is 0 Å². The lowest BCUT2D eigenvalue weighted by atomic mass is 10.1. The molecule has 0 amide bonds. The van der Waals surface area contributed by atoms with Gasteiger partial charge in [0.25, 0.3) is 0 Å². The normalized spacial score (nSPS) is 11.4. The molecule has 0 aromatic carbocycles. The minimum Gasteiger partial charge on any atom is -0.389 e. The predicted octanol–water partition coefficient (Wildman–Crippen LogP) is 1.16. The third-order valence-corrected chi connectivity index (χ3v) is 2.07. The third-order valence-electron chi connectivity index (χ3n) is 1.90. The summed E-state index contributed by atoms with van der Waals surface area (Å²) < 4.78 is 0. The minimum atomic E-state index is -0.827. The first-order valence-corrected chi connectivity index (χ1v) is 5.78. The fraction of sp³-hybridized carbons (Fsp3) is 0.700. The van der Waals surface area contributed by atoms with Crippen LogP contribution < -0.4 is 10.2 Å². The Labute approximate surface area is 106 Å². The van der Waals surface area contributed by atoms with Crippen LogP contribution in [-0.4, -0.2) is 45.8 Å². The van der Waals surface area contributed by atoms with Gasteiger partial charge in [0.1, 0.15) is 0 Å². The summed E-state index contributed by atoms with van der Waals surface area (Å²) in [5, 5.41) is 12.8. The summed E-state index contributed by atoms with van der Waals surface area (Å²) in [5.41, 5.74) is -0.827. The molecular weight excluding hydrogens is 242 g/mol. The van der Waals surface area contributed by atoms with Crippen LogP contribution >= 0.6 is 11.6 Å². The predicted molar refractivity (Wildman–Crippen MR) is 68.6 cm³/mol. The smallest absolute Gasteiger partial charge is 0.231 e. The Morgan fingerprint density at radius 3 is 2.53 bits per heavy atom. The summed E-state index contributed by atoms with van der Waals surface area (Å²) in [7, 11) is 1.79. The molecule has 17 heavy (non-hydrogen) atoms. The second-order valence-corrected chi connectivity index (χ2v) is 4.76. The Kier molecular flexibility index (Phi) is 4.47. The fourth-order valence-corrected chi connectivity index (χ4v) is 1.55. The van der Waals surface area contributed by atoms with E-state index >= 15 is 0 Å². The number of aromatic nitrogens is 3. The highest BCUT2D eigenvalue weighted by Gasteiger charge is 2.18. The van der Waals surface area contributed by atoms with Gasteiger partial charge in [0.05, 0.1) is 5.60 Å². The minimum absolute atomic E-state index is 0.133. The summed E-state index contributed by atoms with van der Waals surface area (Å²) >= 11 is 5.81. The van der Waals surface area contributed by atoms with Crippen molar-refractivity contribution in [1.82, 2.24) is 15.0 Å². The van der Waals surface area contributed by atoms with Crippen LogP contribution in [0.5, 0.6) is 0 Å². The molecule has 0 aliphatic rings. The molecule has 0 fully saturated rings. The van der Waals surface area contributed by atoms with Gasteiger partial charge in [-0.05, 0) is 32.4 Å². The maximum atomic E-state index is 9.73. The van der Waals surface area contributed by atoms with Gasteiger partial charge in [0.2, 0.25) is 17.2 Å². The maximum absolute atomic E-state index is 9.73. The van der Waals surface area contributed by atoms with Gasteiger partial charge in [-0.3, -0.25) is 0 Å². The zero-order chi connectivity index (χ0) is 13.1. The molecule has 1 heterocycles. The Bertz CT molecular complexity index is 379. The molecule has 0 aliphatic carbocycles. The van der Waals surface area contributed by atoms with Crippen LogP contribution in [0.15, 0.2) is 0 Å². The molecule has 0 atom stereocenters. The van der Waals surface area contributed by atoms with E-state index in [2.05, 4.69) is 20.3 Å². The summed E-state index contributed by atoms with van der Waals surface area (Å²) in [6, 6.07) is 0. The van der Waals surface area contributed by atoms with E-state index in [-0.39, 0.29) is 5.28 Å². The van der Waals surface area contributed by atoms with Crippen molar-refractivity contribution in [1.29, 1.82) is 0 Å². The summed E-state index contributed by atoms with van der Waals surface area (Å²) in [5.74, 6) is 0.869. The van der Waals surface area contributed by atoms with Gasteiger partial charge < -0.3 is 15.3 Å². The average Bonchev–Trinajstić information content (AvgIpc) is 2.14. The third kappa shape index (κ3) is 4.70. The first-order chi connectivity index (χ1) is 7.81. The van der Waals surface area contributed by atoms with Gasteiger partial charge in [0.15, 0.2) is 0 Å². The van der Waals surface area contributed by atoms with E-state index in [1.54, 1.807) is 25.8 Å². The van der Waals surface area contributed by atoms with Crippen molar-refractivity contribution in [2.75, 3.05) is 30.4 Å². The molecule has 6 nitrogen and oxygen atoms in total. The highest BCUT2D eigenvalue weighted by Crippen LogP contribution is 2.14. The molecule has 0 bridgehead atoms. The fourth-order valence-electron chi connectivity index (χ4n) is 1.40. The zero-order valence-corrected chi connectivity index (χ0v) is 11.3. The number of anilines is 2. The molecule has 96 valence electrons. The van der Waals surface area contributed by atoms with Crippen molar-refractivity contribution in [2.24, 2.45) is 0 Å². The molecule has 2 N–H and O–H groups in total. The molecule has 0 saturated carbocycles. The molecule has 1 aromatic heterocycles. The van der Waals surface area contributed by atoms with E-state index in [1.165, 1.54) is 0 Å². The van der Waals surface area contributed by atoms with E-state index in [0.29, 0.717) is 25.0 Å². The van der Waals surface area contributed by atoms with Crippen LogP contribution in [0.1, 0.15) is 20.8 Å². The number of nitrogens with zero attached hydrogens (tertiary/aromatic N) is 4. The van der Waals surface area contributed by atoms with Crippen LogP contribution in [-0.2, 0) is 0 Å². The van der Waals surface area contributed by atoms with Crippen LogP contribution in [0, 0.1) is 0 Å². The summed E-state index contributed by atoms with van der Waals surface area (Å²) in [6.45, 7) is 6.49. The molecule has 0 unspecified atom stereocenters. The monoisotopic (exact) mass is 259 g/mol. The molecule has 7 heteroatoms. The lowest BCUT2D eigenvalue weighted by Gasteiger charge is -2.25. The average molecular weight is 260 g/mol. The SMILES string of the molecule is CCNc1nc(Cl)nc(N(C)CC(C)(C)O)n1. The number of hydrogen-bond donors (Lipinski definition) is 2. The lowest BCUT2D eigenvalue weighted by molar-refractivity contribution is 0.0883. The van der Waals surface area contributed by atoms with Gasteiger partial charge in [-0.2, -0.15) is 15.0 Å². The zero-order valence-electron chi connectivity index (χ0n) is 10.5. The van der Waals surface area contributed by atoms with Crippen LogP contribution in [0.4, 0.5) is 11.9 Å². The number of rotatable bonds is 5. The van der Waals surface area contributed by atoms with E-state index < -0.39 is 5.60 Å². The standard InChI is InChI=1S/C10H18ClN5O/c1-5-12-8-13-7(11)14-9(15-8)16(4)6-10(2,3)17/h17H,5-6H2,1-4H3,(H,12,13,14,15). The van der Waals surface area contributed by atoms with Gasteiger partial charge in [-0.25, -0.2) is 0 Å². The van der Waals surface area contributed by atoms with Gasteiger partial charge in [0, 0.05) is 20.1 Å². The van der Waals surface area contributed by atoms with Crippen molar-refractivity contribution in [3.05, 3.63) is 5.28 Å². The second kappa shape index (κ2) is 5.46. The van der Waals surface area contributed by atoms with Crippen molar-refractivity contribution in [2.45, 2.75) is 26.4 Å². The van der Waals surface area contributed by atoms with Crippen molar-refractivity contribution < 1.29 is 5.11 Å². The Morgan fingerprint density at radius 1 is 1.35 bits per heavy atom. The summed E-state index contributed by atoms with van der Waals surface area (Å²) in [6.07, 6.45) is 0. The quantitative estimate of drug-likeness (QED) is 0.827. The maximum Gasteiger partial charge on any atom is 0.231 e. The van der Waals surface area contributed by atoms with E-state index in [0.717, 1.165) is 0 Å². The van der Waals surface area contributed by atoms with Crippen LogP contribution in [0.2, 0.25) is 5.28 Å². The first kappa shape index (κ1) is 13.9. The van der Waals surface area contributed by atoms with E-state index in [9.17, 15) is 5.11 Å². The molecule has 0 spiro atoms. The lowest BCUT2D eigenvalue weighted by Crippen LogP contribution is -2.37. The van der Waals surface area contributed by atoms with E-state index in [1.807, 2.05) is 6.92 Å². The van der Waals surface area contributed by atoms with Crippen molar-refractivity contribution in [3.8, 4) is 0 Å². The molecule has 1 rings (SSSR count). The second-order valence-electron chi connectivity index (χ2n) is 4.43. The number of likely N-dealkylation sites (N-methyl/N-ethyl adjacent to an activating group) is 1. The van der Waals surface area contributed by atoms with Gasteiger partial charge in [-0.1, -0.05) is 0 Å². The largest absolute Gasteiger partial charge is 0.389 e. The Balaban J connectivity index is 2.89. The number of aliphatic hydroxyl groups is 1. The van der Waals surface area contributed by atoms with Gasteiger partial charge in [-0.15, -0.1) is 0 Å².